The molecule has 7 nitrogen and oxygen atoms in total. The van der Waals surface area contributed by atoms with Crippen molar-refractivity contribution < 1.29 is 46.4 Å². The zero-order chi connectivity index (χ0) is 30.1. The molecule has 242 valence electrons. The molecule has 3 saturated heterocycles. The Labute approximate surface area is 262 Å². The van der Waals surface area contributed by atoms with E-state index in [4.69, 9.17) is 28.4 Å². The van der Waals surface area contributed by atoms with Crippen LogP contribution in [0.1, 0.15) is 90.4 Å². The van der Waals surface area contributed by atoms with E-state index in [9.17, 15) is 4.79 Å². The minimum Gasteiger partial charge on any atom is -0.469 e. The van der Waals surface area contributed by atoms with Crippen molar-refractivity contribution in [2.45, 2.75) is 143 Å². The standard InChI is InChI=1S/C31H48F3IO7/c1-3-4-16-31(33,34)24(42-27-13-6-8-18-39-27)15-14-20-22(40-26-12-5-7-17-38-26)19-23-28(20)29(32)30(41-23)21(35)10-9-11-25(36)37-2/h14-15,20-24,26-30H,3-13,16-19H2,1-2H3/b15-14+/t20-,21?,22+,23+,24+,26?,27?,28+,29?,30-/m0/s1. The summed E-state index contributed by atoms with van der Waals surface area (Å²) in [7, 11) is 1.35. The van der Waals surface area contributed by atoms with Crippen LogP contribution in [0.25, 0.3) is 0 Å². The number of ether oxygens (including phenoxy) is 6. The van der Waals surface area contributed by atoms with Gasteiger partial charge in [0, 0.05) is 48.2 Å². The highest BCUT2D eigenvalue weighted by molar-refractivity contribution is 14.1. The van der Waals surface area contributed by atoms with Gasteiger partial charge >= 0.3 is 5.97 Å². The van der Waals surface area contributed by atoms with Crippen LogP contribution in [-0.2, 0) is 33.2 Å². The van der Waals surface area contributed by atoms with Gasteiger partial charge in [-0.15, -0.1) is 0 Å². The first-order valence-corrected chi connectivity index (χ1v) is 17.1. The van der Waals surface area contributed by atoms with Crippen LogP contribution < -0.4 is 0 Å². The molecule has 0 amide bonds. The van der Waals surface area contributed by atoms with E-state index in [0.717, 1.165) is 32.1 Å². The molecule has 1 saturated carbocycles. The molecule has 0 spiro atoms. The fraction of sp³-hybridized carbons (Fsp3) is 0.903. The summed E-state index contributed by atoms with van der Waals surface area (Å²) >= 11 is 2.20. The van der Waals surface area contributed by atoms with Crippen LogP contribution in [0.5, 0.6) is 0 Å². The van der Waals surface area contributed by atoms with Gasteiger partial charge in [0.1, 0.15) is 18.4 Å². The Bertz CT molecular complexity index is 852. The first-order valence-electron chi connectivity index (χ1n) is 15.8. The summed E-state index contributed by atoms with van der Waals surface area (Å²) in [5.74, 6) is -4.39. The van der Waals surface area contributed by atoms with E-state index >= 15 is 13.2 Å². The summed E-state index contributed by atoms with van der Waals surface area (Å²) in [4.78, 5) is 11.5. The molecule has 3 aliphatic heterocycles. The van der Waals surface area contributed by atoms with E-state index in [1.54, 1.807) is 6.08 Å². The van der Waals surface area contributed by atoms with E-state index in [1.165, 1.54) is 13.2 Å². The zero-order valence-corrected chi connectivity index (χ0v) is 27.1. The molecular weight excluding hydrogens is 668 g/mol. The molecular formula is C31H48F3IO7. The third kappa shape index (κ3) is 9.28. The second kappa shape index (κ2) is 16.7. The molecule has 4 fully saturated rings. The number of carbonyl (C=O) groups excluding carboxylic acids is 1. The molecule has 0 aromatic rings. The highest BCUT2D eigenvalue weighted by Crippen LogP contribution is 2.49. The minimum atomic E-state index is -3.09. The van der Waals surface area contributed by atoms with Crippen LogP contribution in [0.4, 0.5) is 13.2 Å². The quantitative estimate of drug-likeness (QED) is 0.0777. The normalized spacial score (nSPS) is 35.3. The number of hydrogen-bond donors (Lipinski definition) is 0. The molecule has 0 aromatic carbocycles. The van der Waals surface area contributed by atoms with Gasteiger partial charge in [0.15, 0.2) is 12.6 Å². The summed E-state index contributed by atoms with van der Waals surface area (Å²) in [5.41, 5.74) is 0. The summed E-state index contributed by atoms with van der Waals surface area (Å²) < 4.78 is 81.7. The Morgan fingerprint density at radius 2 is 1.81 bits per heavy atom. The molecule has 0 radical (unpaired) electrons. The number of esters is 1. The van der Waals surface area contributed by atoms with E-state index in [0.29, 0.717) is 51.7 Å². The Balaban J connectivity index is 1.51. The topological polar surface area (TPSA) is 72.5 Å². The maximum atomic E-state index is 16.2. The maximum Gasteiger partial charge on any atom is 0.305 e. The van der Waals surface area contributed by atoms with Crippen molar-refractivity contribution in [2.75, 3.05) is 20.3 Å². The number of unbranched alkanes of at least 4 members (excludes halogenated alkanes) is 1. The molecule has 3 heterocycles. The van der Waals surface area contributed by atoms with Crippen molar-refractivity contribution in [1.29, 1.82) is 0 Å². The average Bonchev–Trinajstić information content (AvgIpc) is 3.50. The van der Waals surface area contributed by atoms with Gasteiger partial charge < -0.3 is 28.4 Å². The average molecular weight is 717 g/mol. The second-order valence-electron chi connectivity index (χ2n) is 12.0. The van der Waals surface area contributed by atoms with Crippen molar-refractivity contribution in [3.63, 3.8) is 0 Å². The third-order valence-corrected chi connectivity index (χ3v) is 10.2. The van der Waals surface area contributed by atoms with Crippen molar-refractivity contribution in [3.05, 3.63) is 12.2 Å². The highest BCUT2D eigenvalue weighted by Gasteiger charge is 2.57. The lowest BCUT2D eigenvalue weighted by atomic mass is 9.87. The Hall–Kier alpha value is -0.470. The first kappa shape index (κ1) is 34.4. The summed E-state index contributed by atoms with van der Waals surface area (Å²) in [6.45, 7) is 2.98. The predicted molar refractivity (Wildman–Crippen MR) is 159 cm³/mol. The monoisotopic (exact) mass is 716 g/mol. The number of carbonyl (C=O) groups is 1. The Morgan fingerprint density at radius 3 is 2.45 bits per heavy atom. The van der Waals surface area contributed by atoms with Crippen LogP contribution in [0.2, 0.25) is 0 Å². The zero-order valence-electron chi connectivity index (χ0n) is 24.9. The largest absolute Gasteiger partial charge is 0.469 e. The fourth-order valence-electron chi connectivity index (χ4n) is 6.55. The second-order valence-corrected chi connectivity index (χ2v) is 13.6. The van der Waals surface area contributed by atoms with Crippen LogP contribution >= 0.6 is 22.6 Å². The van der Waals surface area contributed by atoms with Crippen molar-refractivity contribution in [1.82, 2.24) is 0 Å². The van der Waals surface area contributed by atoms with Gasteiger partial charge in [-0.1, -0.05) is 48.1 Å². The number of alkyl halides is 4. The molecule has 4 aliphatic rings. The van der Waals surface area contributed by atoms with Crippen LogP contribution in [0, 0.1) is 11.8 Å². The summed E-state index contributed by atoms with van der Waals surface area (Å²) in [5, 5.41) is 0. The van der Waals surface area contributed by atoms with Gasteiger partial charge in [-0.25, -0.2) is 13.2 Å². The molecule has 11 heteroatoms. The van der Waals surface area contributed by atoms with Crippen molar-refractivity contribution in [2.24, 2.45) is 11.8 Å². The molecule has 0 N–H and O–H groups in total. The molecule has 0 bridgehead atoms. The van der Waals surface area contributed by atoms with E-state index < -0.39 is 60.9 Å². The lowest BCUT2D eigenvalue weighted by Gasteiger charge is -2.32. The highest BCUT2D eigenvalue weighted by atomic mass is 127. The van der Waals surface area contributed by atoms with E-state index in [-0.39, 0.29) is 22.7 Å². The van der Waals surface area contributed by atoms with E-state index in [1.807, 2.05) is 6.92 Å². The number of halogens is 4. The van der Waals surface area contributed by atoms with Crippen LogP contribution in [-0.4, -0.2) is 79.3 Å². The lowest BCUT2D eigenvalue weighted by Crippen LogP contribution is -2.40. The Morgan fingerprint density at radius 1 is 1.10 bits per heavy atom. The third-order valence-electron chi connectivity index (χ3n) is 8.91. The Kier molecular flexibility index (Phi) is 13.7. The summed E-state index contributed by atoms with van der Waals surface area (Å²) in [6.07, 6.45) is 5.49. The smallest absolute Gasteiger partial charge is 0.305 e. The van der Waals surface area contributed by atoms with Gasteiger partial charge in [0.2, 0.25) is 0 Å². The molecule has 4 unspecified atom stereocenters. The van der Waals surface area contributed by atoms with Gasteiger partial charge in [0.05, 0.1) is 19.3 Å². The van der Waals surface area contributed by atoms with E-state index in [2.05, 4.69) is 22.6 Å². The predicted octanol–water partition coefficient (Wildman–Crippen LogP) is 7.08. The molecule has 42 heavy (non-hydrogen) atoms. The SMILES string of the molecule is CCCCC(F)(F)[C@@H](/C=C/[C@@H]1[C@H]2C(F)[C@H](C(I)CCCC(=O)OC)O[C@@H]2C[C@H]1OC1CCCCO1)OC1CCCCO1. The molecule has 10 atom stereocenters. The van der Waals surface area contributed by atoms with Gasteiger partial charge in [-0.05, 0) is 57.8 Å². The number of hydrogen-bond acceptors (Lipinski definition) is 7. The number of rotatable bonds is 15. The van der Waals surface area contributed by atoms with Crippen LogP contribution in [0.15, 0.2) is 12.2 Å². The maximum absolute atomic E-state index is 16.2. The van der Waals surface area contributed by atoms with Crippen LogP contribution in [0.3, 0.4) is 0 Å². The lowest BCUT2D eigenvalue weighted by molar-refractivity contribution is -0.227. The van der Waals surface area contributed by atoms with Crippen molar-refractivity contribution in [3.8, 4) is 0 Å². The molecule has 1 aliphatic carbocycles. The number of fused-ring (bicyclic) bond motifs is 1. The van der Waals surface area contributed by atoms with Gasteiger partial charge in [0.25, 0.3) is 5.92 Å². The first-order chi connectivity index (χ1) is 20.2. The van der Waals surface area contributed by atoms with Gasteiger partial charge in [-0.2, -0.15) is 0 Å². The number of methoxy groups -OCH3 is 1. The molecule has 0 aromatic heterocycles. The fourth-order valence-corrected chi connectivity index (χ4v) is 7.56. The van der Waals surface area contributed by atoms with Crippen molar-refractivity contribution >= 4 is 28.6 Å². The minimum absolute atomic E-state index is 0.142. The van der Waals surface area contributed by atoms with Gasteiger partial charge in [-0.3, -0.25) is 4.79 Å². The molecule has 4 rings (SSSR count). The summed E-state index contributed by atoms with van der Waals surface area (Å²) in [6, 6.07) is 0.